The van der Waals surface area contributed by atoms with Crippen molar-refractivity contribution in [1.29, 1.82) is 0 Å². The summed E-state index contributed by atoms with van der Waals surface area (Å²) >= 11 is 1.49. The summed E-state index contributed by atoms with van der Waals surface area (Å²) in [5.41, 5.74) is 0.859. The van der Waals surface area contributed by atoms with E-state index in [0.29, 0.717) is 6.42 Å². The Labute approximate surface area is 166 Å². The normalized spacial score (nSPS) is 15.6. The summed E-state index contributed by atoms with van der Waals surface area (Å²) in [5.74, 6) is -2.25. The van der Waals surface area contributed by atoms with Gasteiger partial charge in [-0.3, -0.25) is 19.3 Å². The number of imide groups is 2. The molecule has 5 amide bonds. The molecule has 3 rings (SSSR count). The number of hydrogen-bond acceptors (Lipinski definition) is 6. The number of rotatable bonds is 7. The van der Waals surface area contributed by atoms with Gasteiger partial charge in [0, 0.05) is 13.6 Å². The molecule has 0 unspecified atom stereocenters. The smallest absolute Gasteiger partial charge is 0.334 e. The molecular formula is C19H22N4O4S. The van der Waals surface area contributed by atoms with Crippen LogP contribution in [0.4, 0.5) is 4.79 Å². The SMILES string of the molecule is CCCCN1C(=O)C(=O)N(CC(=O)N(C)[C@H](C)c2nc3ccccc3s2)C1=O. The lowest BCUT2D eigenvalue weighted by Gasteiger charge is -2.25. The van der Waals surface area contributed by atoms with E-state index < -0.39 is 30.3 Å². The number of likely N-dealkylation sites (N-methyl/N-ethyl adjacent to an activating group) is 1. The molecule has 1 aliphatic heterocycles. The number of fused-ring (bicyclic) bond motifs is 1. The topological polar surface area (TPSA) is 90.9 Å². The zero-order valence-electron chi connectivity index (χ0n) is 16.0. The van der Waals surface area contributed by atoms with Crippen molar-refractivity contribution < 1.29 is 19.2 Å². The average Bonchev–Trinajstić information content (AvgIpc) is 3.21. The van der Waals surface area contributed by atoms with Gasteiger partial charge < -0.3 is 4.90 Å². The summed E-state index contributed by atoms with van der Waals surface area (Å²) in [6, 6.07) is 6.64. The van der Waals surface area contributed by atoms with Gasteiger partial charge in [-0.25, -0.2) is 14.7 Å². The zero-order valence-corrected chi connectivity index (χ0v) is 16.9. The van der Waals surface area contributed by atoms with Crippen LogP contribution < -0.4 is 0 Å². The number of amides is 5. The largest absolute Gasteiger partial charge is 0.335 e. The second-order valence-electron chi connectivity index (χ2n) is 6.68. The lowest BCUT2D eigenvalue weighted by atomic mass is 10.3. The maximum absolute atomic E-state index is 12.7. The molecule has 1 aromatic carbocycles. The van der Waals surface area contributed by atoms with E-state index in [2.05, 4.69) is 4.98 Å². The van der Waals surface area contributed by atoms with Crippen molar-refractivity contribution in [1.82, 2.24) is 19.7 Å². The molecule has 0 spiro atoms. The van der Waals surface area contributed by atoms with E-state index >= 15 is 0 Å². The van der Waals surface area contributed by atoms with Gasteiger partial charge >= 0.3 is 17.8 Å². The second kappa shape index (κ2) is 8.05. The fourth-order valence-electron chi connectivity index (χ4n) is 2.90. The highest BCUT2D eigenvalue weighted by molar-refractivity contribution is 7.18. The third-order valence-corrected chi connectivity index (χ3v) is 6.01. The van der Waals surface area contributed by atoms with Crippen LogP contribution in [-0.2, 0) is 14.4 Å². The Balaban J connectivity index is 1.70. The number of urea groups is 1. The predicted molar refractivity (Wildman–Crippen MR) is 105 cm³/mol. The Bertz CT molecular complexity index is 908. The summed E-state index contributed by atoms with van der Waals surface area (Å²) in [7, 11) is 1.60. The maximum Gasteiger partial charge on any atom is 0.334 e. The van der Waals surface area contributed by atoms with Gasteiger partial charge in [-0.05, 0) is 25.5 Å². The number of para-hydroxylation sites is 1. The molecule has 2 aromatic rings. The molecule has 1 fully saturated rings. The fraction of sp³-hybridized carbons (Fsp3) is 0.421. The first-order valence-electron chi connectivity index (χ1n) is 9.13. The molecule has 1 aromatic heterocycles. The Morgan fingerprint density at radius 1 is 1.18 bits per heavy atom. The minimum absolute atomic E-state index is 0.183. The Hall–Kier alpha value is -2.81. The number of nitrogens with zero attached hydrogens (tertiary/aromatic N) is 4. The number of unbranched alkanes of at least 4 members (excludes halogenated alkanes) is 1. The second-order valence-corrected chi connectivity index (χ2v) is 7.75. The third-order valence-electron chi connectivity index (χ3n) is 4.81. The van der Waals surface area contributed by atoms with E-state index in [9.17, 15) is 19.2 Å². The third kappa shape index (κ3) is 3.62. The fourth-order valence-corrected chi connectivity index (χ4v) is 3.96. The Kier molecular flexibility index (Phi) is 5.73. The highest BCUT2D eigenvalue weighted by Crippen LogP contribution is 2.29. The molecule has 8 nitrogen and oxygen atoms in total. The first-order chi connectivity index (χ1) is 13.3. The molecule has 0 N–H and O–H groups in total. The van der Waals surface area contributed by atoms with Gasteiger partial charge in [-0.15, -0.1) is 11.3 Å². The van der Waals surface area contributed by atoms with Crippen LogP contribution in [0.25, 0.3) is 10.2 Å². The monoisotopic (exact) mass is 402 g/mol. The van der Waals surface area contributed by atoms with E-state index in [0.717, 1.165) is 31.4 Å². The summed E-state index contributed by atoms with van der Waals surface area (Å²) in [4.78, 5) is 56.8. The summed E-state index contributed by atoms with van der Waals surface area (Å²) in [6.45, 7) is 3.48. The quantitative estimate of drug-likeness (QED) is 0.524. The van der Waals surface area contributed by atoms with Crippen LogP contribution >= 0.6 is 11.3 Å². The van der Waals surface area contributed by atoms with E-state index in [1.54, 1.807) is 7.05 Å². The molecule has 1 atom stereocenters. The van der Waals surface area contributed by atoms with Gasteiger partial charge in [0.05, 0.1) is 16.3 Å². The Morgan fingerprint density at radius 3 is 2.54 bits per heavy atom. The minimum atomic E-state index is -0.949. The lowest BCUT2D eigenvalue weighted by Crippen LogP contribution is -2.43. The maximum atomic E-state index is 12.7. The van der Waals surface area contributed by atoms with Crippen LogP contribution in [0.2, 0.25) is 0 Å². The molecule has 1 aliphatic rings. The zero-order chi connectivity index (χ0) is 20.4. The standard InChI is InChI=1S/C19H22N4O4S/c1-4-5-10-22-17(25)18(26)23(19(22)27)11-15(24)21(3)12(2)16-20-13-8-6-7-9-14(13)28-16/h6-9,12H,4-5,10-11H2,1-3H3/t12-/m1/s1. The van der Waals surface area contributed by atoms with Crippen LogP contribution in [0.3, 0.4) is 0 Å². The summed E-state index contributed by atoms with van der Waals surface area (Å²) in [6.07, 6.45) is 1.40. The molecular weight excluding hydrogens is 380 g/mol. The van der Waals surface area contributed by atoms with Crippen molar-refractivity contribution in [3.8, 4) is 0 Å². The number of benzene rings is 1. The Morgan fingerprint density at radius 2 is 1.86 bits per heavy atom. The number of aromatic nitrogens is 1. The summed E-state index contributed by atoms with van der Waals surface area (Å²) in [5, 5.41) is 0.761. The van der Waals surface area contributed by atoms with Gasteiger partial charge in [-0.1, -0.05) is 25.5 Å². The van der Waals surface area contributed by atoms with Gasteiger partial charge in [0.2, 0.25) is 5.91 Å². The van der Waals surface area contributed by atoms with Crippen molar-refractivity contribution in [3.05, 3.63) is 29.3 Å². The van der Waals surface area contributed by atoms with Crippen LogP contribution in [0.5, 0.6) is 0 Å². The van der Waals surface area contributed by atoms with Crippen LogP contribution in [-0.4, -0.2) is 63.6 Å². The van der Waals surface area contributed by atoms with Gasteiger partial charge in [0.25, 0.3) is 0 Å². The molecule has 148 valence electrons. The molecule has 0 saturated carbocycles. The molecule has 2 heterocycles. The highest BCUT2D eigenvalue weighted by atomic mass is 32.1. The van der Waals surface area contributed by atoms with Crippen LogP contribution in [0.1, 0.15) is 37.7 Å². The molecule has 28 heavy (non-hydrogen) atoms. The van der Waals surface area contributed by atoms with Crippen molar-refractivity contribution in [2.75, 3.05) is 20.1 Å². The summed E-state index contributed by atoms with van der Waals surface area (Å²) < 4.78 is 1.02. The van der Waals surface area contributed by atoms with E-state index in [-0.39, 0.29) is 12.6 Å². The highest BCUT2D eigenvalue weighted by Gasteiger charge is 2.45. The van der Waals surface area contributed by atoms with Crippen LogP contribution in [0, 0.1) is 0 Å². The number of carbonyl (C=O) groups excluding carboxylic acids is 4. The van der Waals surface area contributed by atoms with Crippen molar-refractivity contribution in [3.63, 3.8) is 0 Å². The van der Waals surface area contributed by atoms with Crippen molar-refractivity contribution in [2.24, 2.45) is 0 Å². The lowest BCUT2D eigenvalue weighted by molar-refractivity contribution is -0.145. The molecule has 9 heteroatoms. The van der Waals surface area contributed by atoms with Crippen LogP contribution in [0.15, 0.2) is 24.3 Å². The van der Waals surface area contributed by atoms with Crippen molar-refractivity contribution >= 4 is 45.3 Å². The van der Waals surface area contributed by atoms with E-state index in [1.165, 1.54) is 16.2 Å². The van der Waals surface area contributed by atoms with E-state index in [1.807, 2.05) is 38.1 Å². The van der Waals surface area contributed by atoms with E-state index in [4.69, 9.17) is 0 Å². The number of thiazole rings is 1. The minimum Gasteiger partial charge on any atom is -0.335 e. The first-order valence-corrected chi connectivity index (χ1v) is 9.95. The average molecular weight is 402 g/mol. The van der Waals surface area contributed by atoms with Gasteiger partial charge in [-0.2, -0.15) is 0 Å². The molecule has 1 saturated heterocycles. The number of carbonyl (C=O) groups is 4. The van der Waals surface area contributed by atoms with Gasteiger partial charge in [0.1, 0.15) is 11.6 Å². The van der Waals surface area contributed by atoms with Gasteiger partial charge in [0.15, 0.2) is 0 Å². The first kappa shape index (κ1) is 19.9. The molecule has 0 aliphatic carbocycles. The number of hydrogen-bond donors (Lipinski definition) is 0. The predicted octanol–water partition coefficient (Wildman–Crippen LogP) is 2.41. The molecule has 0 radical (unpaired) electrons. The molecule has 0 bridgehead atoms. The van der Waals surface area contributed by atoms with Crippen molar-refractivity contribution in [2.45, 2.75) is 32.7 Å².